The summed E-state index contributed by atoms with van der Waals surface area (Å²) in [7, 11) is 0. The van der Waals surface area contributed by atoms with Crippen molar-refractivity contribution in [3.63, 3.8) is 0 Å². The zero-order chi connectivity index (χ0) is 15.5. The Balaban J connectivity index is 2.02. The highest BCUT2D eigenvalue weighted by molar-refractivity contribution is 5.80. The fourth-order valence-electron chi connectivity index (χ4n) is 1.83. The first-order valence-corrected chi connectivity index (χ1v) is 6.15. The van der Waals surface area contributed by atoms with Gasteiger partial charge in [0.2, 0.25) is 0 Å². The molecule has 0 unspecified atom stereocenters. The highest BCUT2D eigenvalue weighted by atomic mass is 19.4. The summed E-state index contributed by atoms with van der Waals surface area (Å²) in [6.45, 7) is 0.158. The number of hydrogen-bond donors (Lipinski definition) is 1. The lowest BCUT2D eigenvalue weighted by molar-refractivity contribution is -0.137. The third-order valence-corrected chi connectivity index (χ3v) is 2.79. The van der Waals surface area contributed by atoms with E-state index in [1.165, 1.54) is 23.0 Å². The molecular weight excluding hydrogens is 285 g/mol. The summed E-state index contributed by atoms with van der Waals surface area (Å²) < 4.78 is 39.0. The maximum absolute atomic E-state index is 12.6. The maximum Gasteiger partial charge on any atom is 0.416 e. The number of hydrogen-bond acceptors (Lipinski definition) is 4. The van der Waals surface area contributed by atoms with E-state index in [9.17, 15) is 18.0 Å². The Morgan fingerprint density at radius 2 is 2.10 bits per heavy atom. The number of carbonyl (C=O) groups is 1. The fourth-order valence-corrected chi connectivity index (χ4v) is 1.83. The smallest absolute Gasteiger partial charge is 0.325 e. The zero-order valence-corrected chi connectivity index (χ0v) is 11.0. The first-order valence-electron chi connectivity index (χ1n) is 6.15. The van der Waals surface area contributed by atoms with Gasteiger partial charge in [-0.1, -0.05) is 23.4 Å². The lowest BCUT2D eigenvalue weighted by Crippen LogP contribution is -2.14. The zero-order valence-electron chi connectivity index (χ0n) is 11.0. The average molecular weight is 298 g/mol. The van der Waals surface area contributed by atoms with Crippen molar-refractivity contribution in [2.24, 2.45) is 5.73 Å². The molecule has 5 nitrogen and oxygen atoms in total. The Morgan fingerprint density at radius 3 is 2.71 bits per heavy atom. The number of rotatable bonds is 5. The summed E-state index contributed by atoms with van der Waals surface area (Å²) >= 11 is 0. The van der Waals surface area contributed by atoms with Crippen molar-refractivity contribution >= 4 is 5.78 Å². The van der Waals surface area contributed by atoms with Crippen LogP contribution in [0.1, 0.15) is 16.8 Å². The topological polar surface area (TPSA) is 73.8 Å². The fraction of sp³-hybridized carbons (Fsp3) is 0.308. The molecule has 0 aliphatic rings. The Bertz CT molecular complexity index is 636. The quantitative estimate of drug-likeness (QED) is 0.909. The van der Waals surface area contributed by atoms with Crippen LogP contribution in [-0.2, 0) is 30.5 Å². The molecule has 0 aliphatic carbocycles. The van der Waals surface area contributed by atoms with Crippen LogP contribution in [0.5, 0.6) is 0 Å². The predicted octanol–water partition coefficient (Wildman–Crippen LogP) is 1.57. The van der Waals surface area contributed by atoms with E-state index in [0.29, 0.717) is 11.3 Å². The van der Waals surface area contributed by atoms with Gasteiger partial charge in [-0.15, -0.1) is 5.10 Å². The average Bonchev–Trinajstić information content (AvgIpc) is 2.85. The molecule has 0 fully saturated rings. The molecule has 0 radical (unpaired) electrons. The second-order valence-corrected chi connectivity index (χ2v) is 4.53. The summed E-state index contributed by atoms with van der Waals surface area (Å²) in [6.07, 6.45) is -2.98. The van der Waals surface area contributed by atoms with Gasteiger partial charge >= 0.3 is 6.18 Å². The summed E-state index contributed by atoms with van der Waals surface area (Å²) in [6, 6.07) is 4.72. The number of aromatic nitrogens is 3. The summed E-state index contributed by atoms with van der Waals surface area (Å²) in [5.74, 6) is -0.261. The van der Waals surface area contributed by atoms with Crippen molar-refractivity contribution in [1.82, 2.24) is 15.0 Å². The van der Waals surface area contributed by atoms with Gasteiger partial charge in [-0.3, -0.25) is 4.79 Å². The van der Waals surface area contributed by atoms with Gasteiger partial charge in [0, 0.05) is 13.0 Å². The van der Waals surface area contributed by atoms with Crippen molar-refractivity contribution in [2.75, 3.05) is 0 Å². The molecule has 0 aliphatic heterocycles. The van der Waals surface area contributed by atoms with Crippen LogP contribution < -0.4 is 5.73 Å². The molecule has 2 N–H and O–H groups in total. The molecule has 8 heteroatoms. The third kappa shape index (κ3) is 4.12. The molecule has 0 spiro atoms. The molecule has 1 heterocycles. The maximum atomic E-state index is 12.6. The van der Waals surface area contributed by atoms with Gasteiger partial charge in [0.1, 0.15) is 6.54 Å². The number of alkyl halides is 3. The van der Waals surface area contributed by atoms with Crippen LogP contribution in [0.15, 0.2) is 30.5 Å². The molecule has 0 atom stereocenters. The minimum Gasteiger partial charge on any atom is -0.325 e. The van der Waals surface area contributed by atoms with Crippen LogP contribution in [0.2, 0.25) is 0 Å². The van der Waals surface area contributed by atoms with Crippen molar-refractivity contribution < 1.29 is 18.0 Å². The normalized spacial score (nSPS) is 11.6. The first-order chi connectivity index (χ1) is 9.88. The minimum absolute atomic E-state index is 0.0523. The van der Waals surface area contributed by atoms with Crippen LogP contribution in [0.4, 0.5) is 13.2 Å². The van der Waals surface area contributed by atoms with Gasteiger partial charge in [0.15, 0.2) is 5.78 Å². The molecule has 0 bridgehead atoms. The molecule has 0 saturated heterocycles. The second-order valence-electron chi connectivity index (χ2n) is 4.53. The van der Waals surface area contributed by atoms with E-state index in [1.807, 2.05) is 0 Å². The third-order valence-electron chi connectivity index (χ3n) is 2.79. The Kier molecular flexibility index (Phi) is 4.37. The van der Waals surface area contributed by atoms with Crippen LogP contribution in [0, 0.1) is 0 Å². The molecule has 0 amide bonds. The first kappa shape index (κ1) is 15.2. The van der Waals surface area contributed by atoms with E-state index in [2.05, 4.69) is 10.3 Å². The van der Waals surface area contributed by atoms with E-state index in [4.69, 9.17) is 5.73 Å². The molecule has 112 valence electrons. The number of benzene rings is 1. The summed E-state index contributed by atoms with van der Waals surface area (Å²) in [5, 5.41) is 7.44. The van der Waals surface area contributed by atoms with Gasteiger partial charge in [0.25, 0.3) is 0 Å². The number of nitrogens with zero attached hydrogens (tertiary/aromatic N) is 3. The monoisotopic (exact) mass is 298 g/mol. The largest absolute Gasteiger partial charge is 0.416 e. The standard InChI is InChI=1S/C13H13F3N4O/c14-13(15,16)10-3-1-2-9(4-10)5-12(21)8-20-7-11(6-17)18-19-20/h1-4,7H,5-6,8,17H2. The molecule has 2 rings (SSSR count). The van der Waals surface area contributed by atoms with Crippen molar-refractivity contribution in [3.05, 3.63) is 47.3 Å². The van der Waals surface area contributed by atoms with E-state index in [-0.39, 0.29) is 25.3 Å². The van der Waals surface area contributed by atoms with Crippen molar-refractivity contribution in [3.8, 4) is 0 Å². The highest BCUT2D eigenvalue weighted by Crippen LogP contribution is 2.29. The minimum atomic E-state index is -4.42. The summed E-state index contributed by atoms with van der Waals surface area (Å²) in [4.78, 5) is 11.8. The van der Waals surface area contributed by atoms with Crippen LogP contribution >= 0.6 is 0 Å². The molecule has 1 aromatic carbocycles. The van der Waals surface area contributed by atoms with Crippen LogP contribution in [-0.4, -0.2) is 20.8 Å². The summed E-state index contributed by atoms with van der Waals surface area (Å²) in [5.41, 5.74) is 5.46. The molecule has 0 saturated carbocycles. The van der Waals surface area contributed by atoms with E-state index >= 15 is 0 Å². The van der Waals surface area contributed by atoms with Gasteiger partial charge in [-0.25, -0.2) is 4.68 Å². The number of Topliss-reactive ketones (excluding diaryl/α,β-unsaturated/α-hetero) is 1. The lowest BCUT2D eigenvalue weighted by Gasteiger charge is -2.08. The number of halogens is 3. The van der Waals surface area contributed by atoms with Crippen molar-refractivity contribution in [1.29, 1.82) is 0 Å². The molecule has 21 heavy (non-hydrogen) atoms. The van der Waals surface area contributed by atoms with Crippen LogP contribution in [0.25, 0.3) is 0 Å². The molecule has 1 aromatic heterocycles. The molecular formula is C13H13F3N4O. The Hall–Kier alpha value is -2.22. The Labute approximate surface area is 118 Å². The Morgan fingerprint density at radius 1 is 1.33 bits per heavy atom. The number of carbonyl (C=O) groups excluding carboxylic acids is 1. The van der Waals surface area contributed by atoms with Gasteiger partial charge in [-0.05, 0) is 11.6 Å². The van der Waals surface area contributed by atoms with E-state index in [0.717, 1.165) is 12.1 Å². The van der Waals surface area contributed by atoms with Gasteiger partial charge in [-0.2, -0.15) is 13.2 Å². The van der Waals surface area contributed by atoms with E-state index in [1.54, 1.807) is 0 Å². The van der Waals surface area contributed by atoms with Crippen molar-refractivity contribution in [2.45, 2.75) is 25.7 Å². The predicted molar refractivity (Wildman–Crippen MR) is 68.1 cm³/mol. The molecule has 2 aromatic rings. The lowest BCUT2D eigenvalue weighted by atomic mass is 10.1. The highest BCUT2D eigenvalue weighted by Gasteiger charge is 2.30. The number of nitrogens with two attached hydrogens (primary N) is 1. The SMILES string of the molecule is NCc1cn(CC(=O)Cc2cccc(C(F)(F)F)c2)nn1. The van der Waals surface area contributed by atoms with Gasteiger partial charge < -0.3 is 5.73 Å². The van der Waals surface area contributed by atoms with Crippen LogP contribution in [0.3, 0.4) is 0 Å². The van der Waals surface area contributed by atoms with Gasteiger partial charge in [0.05, 0.1) is 17.5 Å². The number of ketones is 1. The second kappa shape index (κ2) is 6.04. The van der Waals surface area contributed by atoms with E-state index < -0.39 is 11.7 Å².